The molecule has 0 bridgehead atoms. The number of amides is 1. The lowest BCUT2D eigenvalue weighted by Gasteiger charge is -2.18. The van der Waals surface area contributed by atoms with Crippen molar-refractivity contribution < 1.29 is 24.6 Å². The number of carbonyl (C=O) groups is 3. The van der Waals surface area contributed by atoms with Gasteiger partial charge in [0.1, 0.15) is 13.1 Å². The first-order valence-electron chi connectivity index (χ1n) is 5.09. The van der Waals surface area contributed by atoms with Gasteiger partial charge in [0, 0.05) is 12.4 Å². The largest absolute Gasteiger partial charge is 0.480 e. The number of hydrogen-bond acceptors (Lipinski definition) is 4. The monoisotopic (exact) mass is 252 g/mol. The molecule has 0 aliphatic heterocycles. The van der Waals surface area contributed by atoms with E-state index in [2.05, 4.69) is 4.98 Å². The van der Waals surface area contributed by atoms with Gasteiger partial charge in [0.2, 0.25) is 5.91 Å². The van der Waals surface area contributed by atoms with E-state index >= 15 is 0 Å². The highest BCUT2D eigenvalue weighted by Gasteiger charge is 2.19. The van der Waals surface area contributed by atoms with E-state index < -0.39 is 30.9 Å². The average Bonchev–Trinajstić information content (AvgIpc) is 2.28. The number of carboxylic acid groups (broad SMARTS) is 2. The van der Waals surface area contributed by atoms with Gasteiger partial charge in [-0.3, -0.25) is 19.4 Å². The zero-order chi connectivity index (χ0) is 13.5. The van der Waals surface area contributed by atoms with Crippen LogP contribution in [0, 0.1) is 0 Å². The molecule has 1 heterocycles. The fraction of sp³-hybridized carbons (Fsp3) is 0.273. The molecule has 0 fully saturated rings. The highest BCUT2D eigenvalue weighted by atomic mass is 16.4. The minimum Gasteiger partial charge on any atom is -0.480 e. The molecule has 96 valence electrons. The molecule has 2 N–H and O–H groups in total. The topological polar surface area (TPSA) is 108 Å². The van der Waals surface area contributed by atoms with Crippen LogP contribution in [0.15, 0.2) is 24.5 Å². The third-order valence-corrected chi connectivity index (χ3v) is 2.11. The van der Waals surface area contributed by atoms with Crippen LogP contribution in [0.4, 0.5) is 0 Å². The second-order valence-electron chi connectivity index (χ2n) is 3.57. The molecule has 0 aromatic carbocycles. The van der Waals surface area contributed by atoms with E-state index in [0.29, 0.717) is 5.56 Å². The summed E-state index contributed by atoms with van der Waals surface area (Å²) in [6.45, 7) is -1.26. The molecule has 0 saturated heterocycles. The summed E-state index contributed by atoms with van der Waals surface area (Å²) >= 11 is 0. The van der Waals surface area contributed by atoms with Gasteiger partial charge in [0.25, 0.3) is 0 Å². The van der Waals surface area contributed by atoms with Gasteiger partial charge in [-0.2, -0.15) is 0 Å². The molecule has 0 aliphatic carbocycles. The van der Waals surface area contributed by atoms with Crippen LogP contribution in [0.2, 0.25) is 0 Å². The zero-order valence-corrected chi connectivity index (χ0v) is 9.44. The van der Waals surface area contributed by atoms with Crippen LogP contribution in [0.25, 0.3) is 0 Å². The fourth-order valence-electron chi connectivity index (χ4n) is 1.35. The van der Waals surface area contributed by atoms with Crippen LogP contribution in [0.1, 0.15) is 5.56 Å². The summed E-state index contributed by atoms with van der Waals surface area (Å²) in [7, 11) is 0. The van der Waals surface area contributed by atoms with Crippen molar-refractivity contribution in [1.82, 2.24) is 9.88 Å². The molecule has 0 spiro atoms. The predicted molar refractivity (Wildman–Crippen MR) is 59.8 cm³/mol. The standard InChI is InChI=1S/C11H12N2O5/c14-9(5-8-1-3-12-4-2-8)13(6-10(15)16)7-11(17)18/h1-4H,5-7H2,(H,15,16)(H,17,18). The van der Waals surface area contributed by atoms with Crippen LogP contribution in [-0.4, -0.2) is 51.0 Å². The fourth-order valence-corrected chi connectivity index (χ4v) is 1.35. The van der Waals surface area contributed by atoms with Gasteiger partial charge in [-0.1, -0.05) is 0 Å². The lowest BCUT2D eigenvalue weighted by Crippen LogP contribution is -2.40. The number of carboxylic acids is 2. The molecule has 0 unspecified atom stereocenters. The molecule has 18 heavy (non-hydrogen) atoms. The Labute approximate surface area is 103 Å². The van der Waals surface area contributed by atoms with Crippen molar-refractivity contribution >= 4 is 17.8 Å². The van der Waals surface area contributed by atoms with Gasteiger partial charge >= 0.3 is 11.9 Å². The van der Waals surface area contributed by atoms with Gasteiger partial charge in [-0.25, -0.2) is 0 Å². The molecule has 1 aromatic rings. The quantitative estimate of drug-likeness (QED) is 0.714. The summed E-state index contributed by atoms with van der Waals surface area (Å²) in [6, 6.07) is 3.22. The minimum atomic E-state index is -1.25. The lowest BCUT2D eigenvalue weighted by molar-refractivity contribution is -0.149. The third kappa shape index (κ3) is 4.60. The second kappa shape index (κ2) is 6.33. The minimum absolute atomic E-state index is 0.0525. The Kier molecular flexibility index (Phi) is 4.79. The molecule has 7 nitrogen and oxygen atoms in total. The number of carbonyl (C=O) groups excluding carboxylic acids is 1. The van der Waals surface area contributed by atoms with E-state index in [1.807, 2.05) is 0 Å². The number of nitrogens with zero attached hydrogens (tertiary/aromatic N) is 2. The second-order valence-corrected chi connectivity index (χ2v) is 3.57. The van der Waals surface area contributed by atoms with Crippen LogP contribution < -0.4 is 0 Å². The van der Waals surface area contributed by atoms with E-state index in [1.165, 1.54) is 12.4 Å². The molecule has 1 amide bonds. The van der Waals surface area contributed by atoms with Gasteiger partial charge in [-0.15, -0.1) is 0 Å². The summed E-state index contributed by atoms with van der Waals surface area (Å²) in [6.07, 6.45) is 2.95. The van der Waals surface area contributed by atoms with Crippen LogP contribution in [-0.2, 0) is 20.8 Å². The van der Waals surface area contributed by atoms with Crippen molar-refractivity contribution in [3.05, 3.63) is 30.1 Å². The molecular formula is C11H12N2O5. The number of aromatic nitrogens is 1. The van der Waals surface area contributed by atoms with E-state index in [4.69, 9.17) is 10.2 Å². The Hall–Kier alpha value is -2.44. The summed E-state index contributed by atoms with van der Waals surface area (Å²) in [5.41, 5.74) is 0.649. The van der Waals surface area contributed by atoms with Gasteiger partial charge in [0.05, 0.1) is 6.42 Å². The van der Waals surface area contributed by atoms with E-state index in [-0.39, 0.29) is 6.42 Å². The van der Waals surface area contributed by atoms with Crippen LogP contribution in [0.3, 0.4) is 0 Å². The van der Waals surface area contributed by atoms with Crippen molar-refractivity contribution in [2.75, 3.05) is 13.1 Å². The summed E-state index contributed by atoms with van der Waals surface area (Å²) in [4.78, 5) is 37.4. The van der Waals surface area contributed by atoms with Crippen molar-refractivity contribution in [2.24, 2.45) is 0 Å². The first kappa shape index (κ1) is 13.6. The molecule has 1 rings (SSSR count). The van der Waals surface area contributed by atoms with Gasteiger partial charge in [0.15, 0.2) is 0 Å². The number of rotatable bonds is 6. The maximum absolute atomic E-state index is 11.8. The summed E-state index contributed by atoms with van der Waals surface area (Å²) < 4.78 is 0. The van der Waals surface area contributed by atoms with Crippen molar-refractivity contribution in [3.8, 4) is 0 Å². The first-order chi connectivity index (χ1) is 8.49. The normalized spacial score (nSPS) is 9.78. The lowest BCUT2D eigenvalue weighted by atomic mass is 10.2. The molecule has 0 saturated carbocycles. The highest BCUT2D eigenvalue weighted by Crippen LogP contribution is 2.02. The molecule has 1 aromatic heterocycles. The zero-order valence-electron chi connectivity index (χ0n) is 9.44. The molecule has 0 aliphatic rings. The van der Waals surface area contributed by atoms with E-state index in [9.17, 15) is 14.4 Å². The van der Waals surface area contributed by atoms with Crippen molar-refractivity contribution in [2.45, 2.75) is 6.42 Å². The Balaban J connectivity index is 2.69. The first-order valence-corrected chi connectivity index (χ1v) is 5.09. The molecule has 0 atom stereocenters. The van der Waals surface area contributed by atoms with Gasteiger partial charge in [-0.05, 0) is 17.7 Å². The SMILES string of the molecule is O=C(O)CN(CC(=O)O)C(=O)Cc1ccncc1. The smallest absolute Gasteiger partial charge is 0.323 e. The highest BCUT2D eigenvalue weighted by molar-refractivity contribution is 5.86. The van der Waals surface area contributed by atoms with Crippen LogP contribution >= 0.6 is 0 Å². The predicted octanol–water partition coefficient (Wildman–Crippen LogP) is -0.378. The Morgan fingerprint density at radius 3 is 2.00 bits per heavy atom. The van der Waals surface area contributed by atoms with Crippen molar-refractivity contribution in [3.63, 3.8) is 0 Å². The Morgan fingerprint density at radius 1 is 1.06 bits per heavy atom. The van der Waals surface area contributed by atoms with Crippen molar-refractivity contribution in [1.29, 1.82) is 0 Å². The average molecular weight is 252 g/mol. The number of pyridine rings is 1. The van der Waals surface area contributed by atoms with E-state index in [0.717, 1.165) is 4.90 Å². The molecule has 0 radical (unpaired) electrons. The maximum atomic E-state index is 11.8. The van der Waals surface area contributed by atoms with Crippen LogP contribution in [0.5, 0.6) is 0 Å². The maximum Gasteiger partial charge on any atom is 0.323 e. The summed E-state index contributed by atoms with van der Waals surface area (Å²) in [5, 5.41) is 17.2. The summed E-state index contributed by atoms with van der Waals surface area (Å²) in [5.74, 6) is -3.05. The Bertz CT molecular complexity index is 430. The molecular weight excluding hydrogens is 240 g/mol. The number of hydrogen-bond donors (Lipinski definition) is 2. The van der Waals surface area contributed by atoms with Gasteiger partial charge < -0.3 is 15.1 Å². The third-order valence-electron chi connectivity index (χ3n) is 2.11. The number of aliphatic carboxylic acids is 2. The molecule has 7 heteroatoms. The Morgan fingerprint density at radius 2 is 1.56 bits per heavy atom. The van der Waals surface area contributed by atoms with E-state index in [1.54, 1.807) is 12.1 Å².